The van der Waals surface area contributed by atoms with E-state index >= 15 is 0 Å². The van der Waals surface area contributed by atoms with E-state index in [1.807, 2.05) is 7.05 Å². The number of hydrogen-bond acceptors (Lipinski definition) is 3. The van der Waals surface area contributed by atoms with Gasteiger partial charge in [-0.1, -0.05) is 6.07 Å². The average molecular weight is 286 g/mol. The molecule has 1 N–H and O–H groups in total. The molecule has 0 spiro atoms. The molecule has 0 saturated carbocycles. The first-order chi connectivity index (χ1) is 8.96. The molecule has 6 heteroatoms. The SMILES string of the molecule is CNC1CCCN(S(=O)(=O)c2cccc(F)c2C)C1. The van der Waals surface area contributed by atoms with Gasteiger partial charge in [-0.15, -0.1) is 0 Å². The van der Waals surface area contributed by atoms with Crippen LogP contribution in [0.25, 0.3) is 0 Å². The molecular formula is C13H19FN2O2S. The summed E-state index contributed by atoms with van der Waals surface area (Å²) in [4.78, 5) is 0.0734. The summed E-state index contributed by atoms with van der Waals surface area (Å²) in [7, 11) is -1.78. The second-order valence-corrected chi connectivity index (χ2v) is 6.76. The number of benzene rings is 1. The van der Waals surface area contributed by atoms with Gasteiger partial charge in [0.15, 0.2) is 0 Å². The number of likely N-dealkylation sites (N-methyl/N-ethyl adjacent to an activating group) is 1. The molecule has 1 aliphatic heterocycles. The van der Waals surface area contributed by atoms with Crippen molar-refractivity contribution in [2.24, 2.45) is 0 Å². The predicted octanol–water partition coefficient (Wildman–Crippen LogP) is 1.51. The highest BCUT2D eigenvalue weighted by molar-refractivity contribution is 7.89. The molecule has 1 aliphatic rings. The normalized spacial score (nSPS) is 21.5. The van der Waals surface area contributed by atoms with Crippen LogP contribution in [0, 0.1) is 12.7 Å². The third-order valence-electron chi connectivity index (χ3n) is 3.63. The van der Waals surface area contributed by atoms with Crippen molar-refractivity contribution in [2.75, 3.05) is 20.1 Å². The van der Waals surface area contributed by atoms with Crippen molar-refractivity contribution >= 4 is 10.0 Å². The highest BCUT2D eigenvalue weighted by Crippen LogP contribution is 2.24. The first-order valence-corrected chi connectivity index (χ1v) is 7.83. The maximum Gasteiger partial charge on any atom is 0.243 e. The number of rotatable bonds is 3. The van der Waals surface area contributed by atoms with Gasteiger partial charge in [0.1, 0.15) is 5.82 Å². The second kappa shape index (κ2) is 5.56. The standard InChI is InChI=1S/C13H19FN2O2S/c1-10-12(14)6-3-7-13(10)19(17,18)16-8-4-5-11(9-16)15-2/h3,6-7,11,15H,4-5,8-9H2,1-2H3. The van der Waals surface area contributed by atoms with Crippen LogP contribution in [0.4, 0.5) is 4.39 Å². The van der Waals surface area contributed by atoms with Gasteiger partial charge in [0.2, 0.25) is 10.0 Å². The Balaban J connectivity index is 2.34. The summed E-state index contributed by atoms with van der Waals surface area (Å²) in [6, 6.07) is 4.35. The number of piperidine rings is 1. The number of sulfonamides is 1. The maximum absolute atomic E-state index is 13.5. The summed E-state index contributed by atoms with van der Waals surface area (Å²) in [5.74, 6) is -0.483. The van der Waals surface area contributed by atoms with Gasteiger partial charge in [-0.3, -0.25) is 0 Å². The quantitative estimate of drug-likeness (QED) is 0.916. The predicted molar refractivity (Wildman–Crippen MR) is 72.0 cm³/mol. The Morgan fingerprint density at radius 2 is 2.16 bits per heavy atom. The van der Waals surface area contributed by atoms with Crippen molar-refractivity contribution in [2.45, 2.75) is 30.7 Å². The zero-order chi connectivity index (χ0) is 14.0. The minimum atomic E-state index is -3.60. The second-order valence-electron chi connectivity index (χ2n) is 4.85. The smallest absolute Gasteiger partial charge is 0.243 e. The van der Waals surface area contributed by atoms with Gasteiger partial charge in [-0.2, -0.15) is 4.31 Å². The molecule has 4 nitrogen and oxygen atoms in total. The molecule has 2 rings (SSSR count). The van der Waals surface area contributed by atoms with Crippen LogP contribution in [0.3, 0.4) is 0 Å². The number of nitrogens with one attached hydrogen (secondary N) is 1. The van der Waals surface area contributed by atoms with E-state index in [4.69, 9.17) is 0 Å². The van der Waals surface area contributed by atoms with E-state index in [1.54, 1.807) is 0 Å². The van der Waals surface area contributed by atoms with E-state index in [-0.39, 0.29) is 16.5 Å². The first kappa shape index (κ1) is 14.4. The number of nitrogens with zero attached hydrogens (tertiary/aromatic N) is 1. The molecule has 0 aliphatic carbocycles. The third kappa shape index (κ3) is 2.80. The van der Waals surface area contributed by atoms with E-state index in [0.717, 1.165) is 12.8 Å². The minimum absolute atomic E-state index is 0.0734. The van der Waals surface area contributed by atoms with Crippen molar-refractivity contribution < 1.29 is 12.8 Å². The lowest BCUT2D eigenvalue weighted by molar-refractivity contribution is 0.292. The van der Waals surface area contributed by atoms with Crippen molar-refractivity contribution in [3.8, 4) is 0 Å². The van der Waals surface area contributed by atoms with Crippen LogP contribution in [0.5, 0.6) is 0 Å². The summed E-state index contributed by atoms with van der Waals surface area (Å²) in [6.07, 6.45) is 1.78. The van der Waals surface area contributed by atoms with E-state index in [2.05, 4.69) is 5.32 Å². The fourth-order valence-corrected chi connectivity index (χ4v) is 4.16. The van der Waals surface area contributed by atoms with Crippen LogP contribution in [0.1, 0.15) is 18.4 Å². The Hall–Kier alpha value is -0.980. The Morgan fingerprint density at radius 3 is 2.84 bits per heavy atom. The molecule has 19 heavy (non-hydrogen) atoms. The molecule has 1 aromatic rings. The van der Waals surface area contributed by atoms with Gasteiger partial charge in [-0.25, -0.2) is 12.8 Å². The van der Waals surface area contributed by atoms with E-state index in [0.29, 0.717) is 13.1 Å². The fourth-order valence-electron chi connectivity index (χ4n) is 2.40. The summed E-state index contributed by atoms with van der Waals surface area (Å²) in [5, 5.41) is 3.10. The van der Waals surface area contributed by atoms with E-state index < -0.39 is 15.8 Å². The molecule has 0 bridgehead atoms. The lowest BCUT2D eigenvalue weighted by Gasteiger charge is -2.32. The van der Waals surface area contributed by atoms with Crippen molar-refractivity contribution in [1.29, 1.82) is 0 Å². The lowest BCUT2D eigenvalue weighted by atomic mass is 10.1. The van der Waals surface area contributed by atoms with Crippen LogP contribution < -0.4 is 5.32 Å². The zero-order valence-corrected chi connectivity index (χ0v) is 12.0. The molecule has 106 valence electrons. The molecule has 1 unspecified atom stereocenters. The van der Waals surface area contributed by atoms with Crippen molar-refractivity contribution in [3.63, 3.8) is 0 Å². The van der Waals surface area contributed by atoms with Crippen LogP contribution in [-0.4, -0.2) is 38.9 Å². The molecule has 1 fully saturated rings. The van der Waals surface area contributed by atoms with Gasteiger partial charge in [0.25, 0.3) is 0 Å². The molecule has 0 amide bonds. The van der Waals surface area contributed by atoms with Crippen LogP contribution in [-0.2, 0) is 10.0 Å². The molecule has 0 radical (unpaired) electrons. The Morgan fingerprint density at radius 1 is 1.42 bits per heavy atom. The Bertz CT molecular complexity index is 560. The number of hydrogen-bond donors (Lipinski definition) is 1. The van der Waals surface area contributed by atoms with Gasteiger partial charge in [0.05, 0.1) is 4.90 Å². The van der Waals surface area contributed by atoms with Gasteiger partial charge in [0, 0.05) is 24.7 Å². The van der Waals surface area contributed by atoms with Gasteiger partial charge < -0.3 is 5.32 Å². The van der Waals surface area contributed by atoms with E-state index in [1.165, 1.54) is 29.4 Å². The molecule has 1 saturated heterocycles. The zero-order valence-electron chi connectivity index (χ0n) is 11.2. The van der Waals surface area contributed by atoms with Crippen LogP contribution in [0.2, 0.25) is 0 Å². The lowest BCUT2D eigenvalue weighted by Crippen LogP contribution is -2.47. The first-order valence-electron chi connectivity index (χ1n) is 6.39. The molecular weight excluding hydrogens is 267 g/mol. The average Bonchev–Trinajstić information content (AvgIpc) is 2.41. The highest BCUT2D eigenvalue weighted by atomic mass is 32.2. The van der Waals surface area contributed by atoms with E-state index in [9.17, 15) is 12.8 Å². The Labute approximate surface area is 113 Å². The monoisotopic (exact) mass is 286 g/mol. The maximum atomic E-state index is 13.5. The number of halogens is 1. The summed E-state index contributed by atoms with van der Waals surface area (Å²) < 4.78 is 40.1. The van der Waals surface area contributed by atoms with Gasteiger partial charge >= 0.3 is 0 Å². The van der Waals surface area contributed by atoms with Crippen LogP contribution in [0.15, 0.2) is 23.1 Å². The van der Waals surface area contributed by atoms with Crippen molar-refractivity contribution in [1.82, 2.24) is 9.62 Å². The van der Waals surface area contributed by atoms with Gasteiger partial charge in [-0.05, 0) is 38.9 Å². The van der Waals surface area contributed by atoms with Crippen LogP contribution >= 0.6 is 0 Å². The largest absolute Gasteiger partial charge is 0.316 e. The third-order valence-corrected chi connectivity index (χ3v) is 5.64. The molecule has 1 atom stereocenters. The highest BCUT2D eigenvalue weighted by Gasteiger charge is 2.31. The Kier molecular flexibility index (Phi) is 4.23. The molecule has 1 aromatic carbocycles. The van der Waals surface area contributed by atoms with Crippen molar-refractivity contribution in [3.05, 3.63) is 29.6 Å². The minimum Gasteiger partial charge on any atom is -0.316 e. The fraction of sp³-hybridized carbons (Fsp3) is 0.538. The molecule has 0 aromatic heterocycles. The summed E-state index contributed by atoms with van der Waals surface area (Å²) >= 11 is 0. The summed E-state index contributed by atoms with van der Waals surface area (Å²) in [5.41, 5.74) is 0.189. The topological polar surface area (TPSA) is 49.4 Å². The molecule has 1 heterocycles. The summed E-state index contributed by atoms with van der Waals surface area (Å²) in [6.45, 7) is 2.44.